The molecule has 0 aliphatic rings. The number of carbonyl (C=O) groups excluding carboxylic acids is 2. The van der Waals surface area contributed by atoms with Gasteiger partial charge in [0.15, 0.2) is 6.61 Å². The van der Waals surface area contributed by atoms with Gasteiger partial charge < -0.3 is 10.1 Å². The highest BCUT2D eigenvalue weighted by Crippen LogP contribution is 2.27. The number of non-ortho nitro benzene ring substituents is 1. The zero-order valence-corrected chi connectivity index (χ0v) is 15.3. The molecule has 1 aromatic carbocycles. The van der Waals surface area contributed by atoms with Gasteiger partial charge in [-0.15, -0.1) is 11.8 Å². The first kappa shape index (κ1) is 18.9. The summed E-state index contributed by atoms with van der Waals surface area (Å²) in [5, 5.41) is 13.7. The van der Waals surface area contributed by atoms with E-state index in [-0.39, 0.29) is 11.3 Å². The molecule has 130 valence electrons. The number of halogens is 1. The molecule has 0 bridgehead atoms. The lowest BCUT2D eigenvalue weighted by atomic mass is 10.3. The van der Waals surface area contributed by atoms with E-state index in [0.29, 0.717) is 15.2 Å². The Morgan fingerprint density at radius 1 is 1.40 bits per heavy atom. The standard InChI is InChI=1S/C15H12BrN3O5S/c1-25-14-10(3-2-6-17-14)15(21)24-8-13(20)18-12-5-4-9(19(22)23)7-11(12)16/h2-7H,8H2,1H3,(H,18,20). The molecule has 2 aromatic rings. The molecule has 0 aliphatic heterocycles. The van der Waals surface area contributed by atoms with Gasteiger partial charge in [-0.25, -0.2) is 9.78 Å². The molecule has 25 heavy (non-hydrogen) atoms. The summed E-state index contributed by atoms with van der Waals surface area (Å²) >= 11 is 4.43. The lowest BCUT2D eigenvalue weighted by Crippen LogP contribution is -2.21. The normalized spacial score (nSPS) is 10.2. The van der Waals surface area contributed by atoms with Crippen LogP contribution in [0.4, 0.5) is 11.4 Å². The van der Waals surface area contributed by atoms with Crippen molar-refractivity contribution >= 4 is 50.9 Å². The highest BCUT2D eigenvalue weighted by molar-refractivity contribution is 9.10. The van der Waals surface area contributed by atoms with Crippen molar-refractivity contribution in [3.63, 3.8) is 0 Å². The Morgan fingerprint density at radius 2 is 2.16 bits per heavy atom. The van der Waals surface area contributed by atoms with E-state index in [1.807, 2.05) is 0 Å². The number of amides is 1. The van der Waals surface area contributed by atoms with Gasteiger partial charge >= 0.3 is 5.97 Å². The third-order valence-electron chi connectivity index (χ3n) is 2.96. The van der Waals surface area contributed by atoms with Crippen molar-refractivity contribution < 1.29 is 19.2 Å². The quantitative estimate of drug-likeness (QED) is 0.327. The van der Waals surface area contributed by atoms with Crippen LogP contribution in [0.15, 0.2) is 46.0 Å². The summed E-state index contributed by atoms with van der Waals surface area (Å²) in [6, 6.07) is 7.07. The lowest BCUT2D eigenvalue weighted by molar-refractivity contribution is -0.384. The summed E-state index contributed by atoms with van der Waals surface area (Å²) in [7, 11) is 0. The van der Waals surface area contributed by atoms with Crippen LogP contribution in [-0.4, -0.2) is 34.6 Å². The van der Waals surface area contributed by atoms with Gasteiger partial charge in [0.1, 0.15) is 5.03 Å². The average Bonchev–Trinajstić information content (AvgIpc) is 2.61. The first-order chi connectivity index (χ1) is 11.9. The largest absolute Gasteiger partial charge is 0.452 e. The van der Waals surface area contributed by atoms with E-state index in [4.69, 9.17) is 4.74 Å². The second kappa shape index (κ2) is 8.58. The molecule has 0 fully saturated rings. The van der Waals surface area contributed by atoms with Crippen LogP contribution in [0, 0.1) is 10.1 Å². The summed E-state index contributed by atoms with van der Waals surface area (Å²) in [4.78, 5) is 38.1. The second-order valence-electron chi connectivity index (χ2n) is 4.61. The molecule has 1 heterocycles. The Kier molecular flexibility index (Phi) is 6.48. The lowest BCUT2D eigenvalue weighted by Gasteiger charge is -2.09. The number of benzene rings is 1. The number of rotatable bonds is 6. The van der Waals surface area contributed by atoms with Gasteiger partial charge in [-0.3, -0.25) is 14.9 Å². The molecule has 0 unspecified atom stereocenters. The predicted molar refractivity (Wildman–Crippen MR) is 95.7 cm³/mol. The van der Waals surface area contributed by atoms with Crippen molar-refractivity contribution in [1.29, 1.82) is 0 Å². The molecule has 0 atom stereocenters. The SMILES string of the molecule is CSc1ncccc1C(=O)OCC(=O)Nc1ccc([N+](=O)[O-])cc1Br. The second-order valence-corrected chi connectivity index (χ2v) is 6.26. The monoisotopic (exact) mass is 425 g/mol. The molecule has 0 radical (unpaired) electrons. The van der Waals surface area contributed by atoms with Gasteiger partial charge in [-0.2, -0.15) is 0 Å². The third kappa shape index (κ3) is 5.00. The Hall–Kier alpha value is -2.46. The van der Waals surface area contributed by atoms with Gasteiger partial charge in [0.05, 0.1) is 16.2 Å². The van der Waals surface area contributed by atoms with Crippen molar-refractivity contribution in [2.45, 2.75) is 5.03 Å². The van der Waals surface area contributed by atoms with Crippen LogP contribution in [0.3, 0.4) is 0 Å². The summed E-state index contributed by atoms with van der Waals surface area (Å²) in [5.74, 6) is -1.23. The molecule has 1 aromatic heterocycles. The molecule has 0 saturated heterocycles. The molecular formula is C15H12BrN3O5S. The van der Waals surface area contributed by atoms with Crippen LogP contribution in [0.2, 0.25) is 0 Å². The Bertz CT molecular complexity index is 831. The maximum atomic E-state index is 12.0. The first-order valence-corrected chi connectivity index (χ1v) is 8.84. The van der Waals surface area contributed by atoms with E-state index in [1.165, 1.54) is 30.0 Å². The van der Waals surface area contributed by atoms with E-state index < -0.39 is 23.4 Å². The number of nitro benzene ring substituents is 1. The van der Waals surface area contributed by atoms with Crippen molar-refractivity contribution in [2.75, 3.05) is 18.2 Å². The smallest absolute Gasteiger partial charge is 0.341 e. The van der Waals surface area contributed by atoms with Crippen molar-refractivity contribution in [3.05, 3.63) is 56.7 Å². The van der Waals surface area contributed by atoms with Crippen LogP contribution < -0.4 is 5.32 Å². The van der Waals surface area contributed by atoms with Gasteiger partial charge in [0.2, 0.25) is 0 Å². The fraction of sp³-hybridized carbons (Fsp3) is 0.133. The number of nitrogens with one attached hydrogen (secondary N) is 1. The van der Waals surface area contributed by atoms with Gasteiger partial charge in [0.25, 0.3) is 11.6 Å². The number of pyridine rings is 1. The topological polar surface area (TPSA) is 111 Å². The van der Waals surface area contributed by atoms with Gasteiger partial charge in [-0.05, 0) is 40.4 Å². The summed E-state index contributed by atoms with van der Waals surface area (Å²) in [5.41, 5.74) is 0.495. The van der Waals surface area contributed by atoms with E-state index in [0.717, 1.165) is 0 Å². The fourth-order valence-electron chi connectivity index (χ4n) is 1.82. The zero-order valence-electron chi connectivity index (χ0n) is 12.9. The molecule has 8 nitrogen and oxygen atoms in total. The van der Waals surface area contributed by atoms with E-state index in [2.05, 4.69) is 26.2 Å². The van der Waals surface area contributed by atoms with Gasteiger partial charge in [-0.1, -0.05) is 0 Å². The number of anilines is 1. The van der Waals surface area contributed by atoms with Gasteiger partial charge in [0, 0.05) is 22.8 Å². The number of nitro groups is 1. The maximum absolute atomic E-state index is 12.0. The highest BCUT2D eigenvalue weighted by Gasteiger charge is 2.16. The number of ether oxygens (including phenoxy) is 1. The molecule has 1 N–H and O–H groups in total. The highest BCUT2D eigenvalue weighted by atomic mass is 79.9. The minimum absolute atomic E-state index is 0.113. The van der Waals surface area contributed by atoms with E-state index in [1.54, 1.807) is 24.6 Å². The van der Waals surface area contributed by atoms with Crippen molar-refractivity contribution in [3.8, 4) is 0 Å². The van der Waals surface area contributed by atoms with E-state index >= 15 is 0 Å². The number of aromatic nitrogens is 1. The van der Waals surface area contributed by atoms with Crippen molar-refractivity contribution in [2.24, 2.45) is 0 Å². The molecule has 1 amide bonds. The van der Waals surface area contributed by atoms with Crippen LogP contribution >= 0.6 is 27.7 Å². The fourth-order valence-corrected chi connectivity index (χ4v) is 2.83. The van der Waals surface area contributed by atoms with E-state index in [9.17, 15) is 19.7 Å². The minimum Gasteiger partial charge on any atom is -0.452 e. The third-order valence-corrected chi connectivity index (χ3v) is 4.32. The first-order valence-electron chi connectivity index (χ1n) is 6.82. The Labute approximate surface area is 155 Å². The molecular weight excluding hydrogens is 414 g/mol. The number of nitrogens with zero attached hydrogens (tertiary/aromatic N) is 2. The van der Waals surface area contributed by atoms with Crippen LogP contribution in [-0.2, 0) is 9.53 Å². The summed E-state index contributed by atoms with van der Waals surface area (Å²) in [6.45, 7) is -0.495. The molecule has 2 rings (SSSR count). The average molecular weight is 426 g/mol. The summed E-state index contributed by atoms with van der Waals surface area (Å²) < 4.78 is 5.32. The number of carbonyl (C=O) groups is 2. The Balaban J connectivity index is 1.97. The zero-order chi connectivity index (χ0) is 18.4. The molecule has 0 aliphatic carbocycles. The maximum Gasteiger partial charge on any atom is 0.341 e. The van der Waals surface area contributed by atoms with Crippen LogP contribution in [0.1, 0.15) is 10.4 Å². The Morgan fingerprint density at radius 3 is 2.80 bits per heavy atom. The summed E-state index contributed by atoms with van der Waals surface area (Å²) in [6.07, 6.45) is 3.33. The van der Waals surface area contributed by atoms with Crippen LogP contribution in [0.5, 0.6) is 0 Å². The van der Waals surface area contributed by atoms with Crippen molar-refractivity contribution in [1.82, 2.24) is 4.98 Å². The number of hydrogen-bond donors (Lipinski definition) is 1. The minimum atomic E-state index is -0.657. The number of thioether (sulfide) groups is 1. The predicted octanol–water partition coefficient (Wildman–Crippen LogP) is 3.27. The molecule has 0 spiro atoms. The number of hydrogen-bond acceptors (Lipinski definition) is 7. The molecule has 10 heteroatoms. The number of esters is 1. The van der Waals surface area contributed by atoms with Crippen LogP contribution in [0.25, 0.3) is 0 Å². The molecule has 0 saturated carbocycles.